The minimum Gasteiger partial charge on any atom is -0.369 e. The first-order valence-electron chi connectivity index (χ1n) is 4.67. The molecule has 0 aromatic carbocycles. The molecule has 1 aromatic heterocycles. The van der Waals surface area contributed by atoms with Gasteiger partial charge in [-0.05, 0) is 0 Å². The number of nitrogens with zero attached hydrogens (tertiary/aromatic N) is 1. The van der Waals surface area contributed by atoms with Crippen molar-refractivity contribution in [3.8, 4) is 0 Å². The van der Waals surface area contributed by atoms with E-state index < -0.39 is 0 Å². The van der Waals surface area contributed by atoms with Crippen LogP contribution in [0.1, 0.15) is 12.8 Å². The van der Waals surface area contributed by atoms with Crippen LogP contribution >= 0.6 is 22.7 Å². The van der Waals surface area contributed by atoms with Gasteiger partial charge in [0.15, 0.2) is 0 Å². The summed E-state index contributed by atoms with van der Waals surface area (Å²) in [5.74, 6) is -0.0456. The van der Waals surface area contributed by atoms with Crippen LogP contribution in [0.15, 0.2) is 10.8 Å². The maximum atomic E-state index is 11.0. The smallest absolute Gasteiger partial charge is 0.313 e. The standard InChI is InChI=1S/C9H12N2OS2/c10-8(12)7-1-3-11(4-2-7)9-13-5-6-14-9/h5-7H,1-4H2,(H-,10,12)/p+1. The fourth-order valence-corrected chi connectivity index (χ4v) is 3.59. The molecule has 3 nitrogen and oxygen atoms in total. The highest BCUT2D eigenvalue weighted by atomic mass is 32.2. The molecule has 0 spiro atoms. The van der Waals surface area contributed by atoms with Crippen LogP contribution in [0.2, 0.25) is 0 Å². The Morgan fingerprint density at radius 1 is 1.36 bits per heavy atom. The second-order valence-electron chi connectivity index (χ2n) is 3.44. The molecule has 1 saturated heterocycles. The molecule has 0 aliphatic carbocycles. The van der Waals surface area contributed by atoms with Crippen LogP contribution in [-0.4, -0.2) is 19.0 Å². The van der Waals surface area contributed by atoms with Gasteiger partial charge in [-0.2, -0.15) is 0 Å². The predicted octanol–water partition coefficient (Wildman–Crippen LogP) is 0.477. The zero-order chi connectivity index (χ0) is 9.97. The summed E-state index contributed by atoms with van der Waals surface area (Å²) in [6.07, 6.45) is 1.81. The van der Waals surface area contributed by atoms with Crippen molar-refractivity contribution in [1.82, 2.24) is 4.58 Å². The minimum atomic E-state index is -0.139. The number of amides is 1. The second kappa shape index (κ2) is 4.23. The summed E-state index contributed by atoms with van der Waals surface area (Å²) in [6.45, 7) is 1.93. The molecule has 2 N–H and O–H groups in total. The lowest BCUT2D eigenvalue weighted by atomic mass is 9.97. The molecule has 0 atom stereocenters. The molecule has 2 rings (SSSR count). The maximum Gasteiger partial charge on any atom is 0.313 e. The van der Waals surface area contributed by atoms with Crippen LogP contribution in [0, 0.1) is 5.92 Å². The molecule has 1 aliphatic heterocycles. The summed E-state index contributed by atoms with van der Waals surface area (Å²) >= 11 is 3.53. The zero-order valence-electron chi connectivity index (χ0n) is 7.81. The fraction of sp³-hybridized carbons (Fsp3) is 0.556. The van der Waals surface area contributed by atoms with Gasteiger partial charge in [-0.15, -0.1) is 0 Å². The molecule has 0 saturated carbocycles. The van der Waals surface area contributed by atoms with E-state index in [0.717, 1.165) is 25.9 Å². The molecular weight excluding hydrogens is 216 g/mol. The molecule has 0 radical (unpaired) electrons. The van der Waals surface area contributed by atoms with E-state index in [1.165, 1.54) is 3.98 Å². The van der Waals surface area contributed by atoms with Gasteiger partial charge in [0.2, 0.25) is 5.91 Å². The number of carbonyl (C=O) groups is 1. The maximum absolute atomic E-state index is 11.0. The lowest BCUT2D eigenvalue weighted by Gasteiger charge is -2.16. The van der Waals surface area contributed by atoms with Crippen LogP contribution in [0.25, 0.3) is 0 Å². The Morgan fingerprint density at radius 2 is 1.93 bits per heavy atom. The van der Waals surface area contributed by atoms with Crippen LogP contribution in [0.4, 0.5) is 0 Å². The van der Waals surface area contributed by atoms with Crippen molar-refractivity contribution in [2.45, 2.75) is 12.8 Å². The number of hydrogen-bond donors (Lipinski definition) is 1. The molecule has 1 aromatic rings. The Labute approximate surface area is 90.5 Å². The van der Waals surface area contributed by atoms with E-state index in [9.17, 15) is 4.79 Å². The highest BCUT2D eigenvalue weighted by Crippen LogP contribution is 2.12. The second-order valence-corrected chi connectivity index (χ2v) is 5.49. The van der Waals surface area contributed by atoms with Crippen molar-refractivity contribution < 1.29 is 4.79 Å². The Hall–Kier alpha value is -0.680. The Balaban J connectivity index is 2.11. The molecule has 1 aliphatic rings. The number of primary amides is 1. The van der Waals surface area contributed by atoms with Crippen molar-refractivity contribution in [2.75, 3.05) is 13.1 Å². The Bertz CT molecular complexity index is 367. The molecule has 0 unspecified atom stereocenters. The highest BCUT2D eigenvalue weighted by molar-refractivity contribution is 7.24. The average Bonchev–Trinajstić information content (AvgIpc) is 2.71. The third-order valence-electron chi connectivity index (χ3n) is 2.55. The van der Waals surface area contributed by atoms with Crippen molar-refractivity contribution in [2.24, 2.45) is 11.7 Å². The number of carbonyl (C=O) groups excluding carboxylic acids is 1. The quantitative estimate of drug-likeness (QED) is 0.699. The highest BCUT2D eigenvalue weighted by Gasteiger charge is 2.25. The zero-order valence-corrected chi connectivity index (χ0v) is 9.44. The summed E-state index contributed by atoms with van der Waals surface area (Å²) in [7, 11) is 0. The molecule has 14 heavy (non-hydrogen) atoms. The monoisotopic (exact) mass is 229 g/mol. The van der Waals surface area contributed by atoms with Gasteiger partial charge in [0.05, 0.1) is 0 Å². The summed E-state index contributed by atoms with van der Waals surface area (Å²) in [5.41, 5.74) is 5.28. The Morgan fingerprint density at radius 3 is 2.43 bits per heavy atom. The van der Waals surface area contributed by atoms with Gasteiger partial charge in [-0.3, -0.25) is 4.79 Å². The Kier molecular flexibility index (Phi) is 2.98. The van der Waals surface area contributed by atoms with E-state index >= 15 is 0 Å². The third-order valence-corrected chi connectivity index (χ3v) is 4.76. The molecule has 1 fully saturated rings. The van der Waals surface area contributed by atoms with Crippen molar-refractivity contribution in [3.63, 3.8) is 0 Å². The van der Waals surface area contributed by atoms with Gasteiger partial charge in [0.1, 0.15) is 13.1 Å². The van der Waals surface area contributed by atoms with Crippen molar-refractivity contribution >= 4 is 28.6 Å². The molecule has 2 heterocycles. The van der Waals surface area contributed by atoms with Gasteiger partial charge in [0.25, 0.3) is 0 Å². The first-order valence-corrected chi connectivity index (χ1v) is 6.43. The molecule has 1 amide bonds. The van der Waals surface area contributed by atoms with E-state index in [1.54, 1.807) is 22.7 Å². The lowest BCUT2D eigenvalue weighted by Crippen LogP contribution is -2.39. The molecule has 0 bridgehead atoms. The van der Waals surface area contributed by atoms with E-state index in [-0.39, 0.29) is 11.8 Å². The van der Waals surface area contributed by atoms with Crippen LogP contribution in [0.5, 0.6) is 0 Å². The minimum absolute atomic E-state index is 0.0937. The van der Waals surface area contributed by atoms with E-state index in [0.29, 0.717) is 0 Å². The molecule has 5 heteroatoms. The number of hydrogen-bond acceptors (Lipinski definition) is 3. The topological polar surface area (TPSA) is 46.1 Å². The number of piperidine rings is 1. The van der Waals surface area contributed by atoms with E-state index in [1.807, 2.05) is 0 Å². The summed E-state index contributed by atoms with van der Waals surface area (Å²) in [6, 6.07) is 0. The average molecular weight is 229 g/mol. The van der Waals surface area contributed by atoms with Crippen molar-refractivity contribution in [3.05, 3.63) is 14.7 Å². The lowest BCUT2D eigenvalue weighted by molar-refractivity contribution is -0.122. The predicted molar refractivity (Wildman–Crippen MR) is 59.1 cm³/mol. The molecule has 76 valence electrons. The summed E-state index contributed by atoms with van der Waals surface area (Å²) in [4.78, 5) is 11.0. The van der Waals surface area contributed by atoms with Crippen molar-refractivity contribution in [1.29, 1.82) is 0 Å². The first-order chi connectivity index (χ1) is 6.77. The fourth-order valence-electron chi connectivity index (χ4n) is 1.70. The van der Waals surface area contributed by atoms with Gasteiger partial charge in [0, 0.05) is 29.5 Å². The van der Waals surface area contributed by atoms with Gasteiger partial charge >= 0.3 is 3.98 Å². The van der Waals surface area contributed by atoms with E-state index in [4.69, 9.17) is 5.73 Å². The normalized spacial score (nSPS) is 22.3. The molecular formula is C9H13N2OS2+. The number of rotatable bonds is 1. The van der Waals surface area contributed by atoms with Crippen LogP contribution in [-0.2, 0) is 4.79 Å². The SMILES string of the molecule is NC(=O)C1CC[N+](=c2sccs2)CC1. The third kappa shape index (κ3) is 2.04. The summed E-state index contributed by atoms with van der Waals surface area (Å²) < 4.78 is 3.68. The largest absolute Gasteiger partial charge is 0.369 e. The van der Waals surface area contributed by atoms with Gasteiger partial charge in [-0.25, -0.2) is 4.58 Å². The summed E-state index contributed by atoms with van der Waals surface area (Å²) in [5, 5.41) is 4.19. The first kappa shape index (κ1) is 9.86. The van der Waals surface area contributed by atoms with Crippen LogP contribution in [0.3, 0.4) is 0 Å². The number of nitrogens with two attached hydrogens (primary N) is 1. The van der Waals surface area contributed by atoms with Gasteiger partial charge < -0.3 is 5.73 Å². The van der Waals surface area contributed by atoms with Crippen LogP contribution < -0.4 is 14.3 Å². The van der Waals surface area contributed by atoms with Gasteiger partial charge in [-0.1, -0.05) is 22.7 Å². The van der Waals surface area contributed by atoms with E-state index in [2.05, 4.69) is 15.3 Å².